The fourth-order valence-corrected chi connectivity index (χ4v) is 6.97. The van der Waals surface area contributed by atoms with Crippen LogP contribution >= 0.6 is 0 Å². The summed E-state index contributed by atoms with van der Waals surface area (Å²) < 4.78 is 25.9. The number of benzene rings is 1. The molecule has 1 spiro atoms. The lowest BCUT2D eigenvalue weighted by Crippen LogP contribution is -2.62. The molecule has 2 fully saturated rings. The second kappa shape index (κ2) is 14.8. The van der Waals surface area contributed by atoms with Gasteiger partial charge in [0.05, 0.1) is 5.56 Å². The van der Waals surface area contributed by atoms with E-state index in [1.54, 1.807) is 12.0 Å². The highest BCUT2D eigenvalue weighted by atomic mass is 19.1. The van der Waals surface area contributed by atoms with Gasteiger partial charge in [0.25, 0.3) is 11.8 Å². The molecule has 0 bridgehead atoms. The van der Waals surface area contributed by atoms with Crippen LogP contribution in [-0.2, 0) is 4.74 Å². The van der Waals surface area contributed by atoms with Gasteiger partial charge in [-0.15, -0.1) is 10.2 Å². The van der Waals surface area contributed by atoms with Gasteiger partial charge in [-0.2, -0.15) is 0 Å². The maximum Gasteiger partial charge on any atom is 0.282 e. The number of likely N-dealkylation sites (N-methyl/N-ethyl adjacent to an activating group) is 1. The molecule has 1 aromatic carbocycles. The lowest BCUT2D eigenvalue weighted by molar-refractivity contribution is -0.0347. The van der Waals surface area contributed by atoms with Crippen molar-refractivity contribution < 1.29 is 18.7 Å². The average molecular weight is 623 g/mol. The first-order chi connectivity index (χ1) is 21.3. The summed E-state index contributed by atoms with van der Waals surface area (Å²) in [7, 11) is 8.42. The third-order valence-corrected chi connectivity index (χ3v) is 9.75. The monoisotopic (exact) mass is 623 g/mol. The Morgan fingerprint density at radius 1 is 1.20 bits per heavy atom. The summed E-state index contributed by atoms with van der Waals surface area (Å²) in [6.07, 6.45) is 4.81. The summed E-state index contributed by atoms with van der Waals surface area (Å²) >= 11 is 0. The molecule has 0 saturated carbocycles. The molecule has 1 unspecified atom stereocenters. The number of ether oxygens (including phenoxy) is 2. The van der Waals surface area contributed by atoms with Crippen LogP contribution < -0.4 is 9.64 Å². The van der Waals surface area contributed by atoms with Gasteiger partial charge in [0.2, 0.25) is 0 Å². The Bertz CT molecular complexity index is 1300. The topological polar surface area (TPSA) is 87.2 Å². The van der Waals surface area contributed by atoms with Crippen molar-refractivity contribution in [3.8, 4) is 11.6 Å². The number of methoxy groups -OCH3 is 1. The quantitative estimate of drug-likeness (QED) is 0.278. The Labute approximate surface area is 270 Å². The average Bonchev–Trinajstić information content (AvgIpc) is 3.41. The van der Waals surface area contributed by atoms with Gasteiger partial charge in [-0.3, -0.25) is 9.69 Å². The maximum absolute atomic E-state index is 14.3. The highest BCUT2D eigenvalue weighted by Gasteiger charge is 2.50. The number of halogens is 1. The molecule has 10 nitrogen and oxygen atoms in total. The van der Waals surface area contributed by atoms with E-state index in [1.807, 2.05) is 20.8 Å². The van der Waals surface area contributed by atoms with Gasteiger partial charge in [0.1, 0.15) is 33.6 Å². The Morgan fingerprint density at radius 2 is 1.93 bits per heavy atom. The zero-order chi connectivity index (χ0) is 32.9. The van der Waals surface area contributed by atoms with Crippen LogP contribution in [0.15, 0.2) is 24.5 Å². The number of nitrogens with zero attached hydrogens (tertiary/aromatic N) is 7. The van der Waals surface area contributed by atoms with E-state index < -0.39 is 5.82 Å². The predicted octanol–water partition coefficient (Wildman–Crippen LogP) is 2.49. The van der Waals surface area contributed by atoms with Crippen molar-refractivity contribution in [3.05, 3.63) is 35.9 Å². The van der Waals surface area contributed by atoms with Crippen molar-refractivity contribution in [3.63, 3.8) is 0 Å². The number of hydrogen-bond acceptors (Lipinski definition) is 9. The molecule has 0 N–H and O–H groups in total. The number of rotatable bonds is 15. The molecule has 2 aromatic rings. The number of amides is 1. The Hall–Kier alpha value is -2.76. The van der Waals surface area contributed by atoms with E-state index in [9.17, 15) is 9.18 Å². The van der Waals surface area contributed by atoms with Crippen LogP contribution in [0.2, 0.25) is 0 Å². The molecule has 4 rings (SSSR count). The van der Waals surface area contributed by atoms with E-state index in [0.717, 1.165) is 52.2 Å². The van der Waals surface area contributed by atoms with E-state index in [0.29, 0.717) is 24.3 Å². The normalized spacial score (nSPS) is 17.4. The molecular formula is C32H52B2FN7O3. The minimum Gasteiger partial charge on any atom is -0.434 e. The van der Waals surface area contributed by atoms with Gasteiger partial charge in [-0.1, -0.05) is 13.8 Å². The van der Waals surface area contributed by atoms with Gasteiger partial charge in [-0.25, -0.2) is 9.37 Å². The van der Waals surface area contributed by atoms with E-state index in [4.69, 9.17) is 9.47 Å². The fourth-order valence-electron chi connectivity index (χ4n) is 6.97. The first-order valence-corrected chi connectivity index (χ1v) is 16.5. The molecule has 246 valence electrons. The van der Waals surface area contributed by atoms with Crippen molar-refractivity contribution in [2.75, 3.05) is 64.9 Å². The summed E-state index contributed by atoms with van der Waals surface area (Å²) in [6, 6.07) is 4.50. The van der Waals surface area contributed by atoms with Crippen LogP contribution in [0.1, 0.15) is 64.2 Å². The lowest BCUT2D eigenvalue weighted by atomic mass is 9.61. The van der Waals surface area contributed by atoms with Gasteiger partial charge in [0, 0.05) is 63.9 Å². The lowest BCUT2D eigenvalue weighted by Gasteiger charge is -2.53. The van der Waals surface area contributed by atoms with Crippen molar-refractivity contribution in [2.24, 2.45) is 11.3 Å². The summed E-state index contributed by atoms with van der Waals surface area (Å²) in [5, 5.41) is 8.25. The van der Waals surface area contributed by atoms with Crippen molar-refractivity contribution in [2.45, 2.75) is 71.3 Å². The second-order valence-electron chi connectivity index (χ2n) is 14.2. The molecule has 45 heavy (non-hydrogen) atoms. The summed E-state index contributed by atoms with van der Waals surface area (Å²) in [4.78, 5) is 26.9. The standard InChI is InChI=1S/C32H52B2FN7O3/c1-8-42(23(4)5)30(43)25-16-24(35)11-12-27(25)45-29-28(36-21-37-38-29)40-15-13-31(17-40)18-41(19-31)26(22(2)3)10-9-14-39(6)32(33,34)20-44-7/h11-12,16,21-23,26H,8-10,13-15,17-20,33-34H2,1-7H3. The van der Waals surface area contributed by atoms with Gasteiger partial charge < -0.3 is 24.2 Å². The number of carbonyl (C=O) groups is 1. The molecular weight excluding hydrogens is 571 g/mol. The van der Waals surface area contributed by atoms with Crippen LogP contribution in [0.5, 0.6) is 11.6 Å². The van der Waals surface area contributed by atoms with E-state index >= 15 is 0 Å². The number of aromatic nitrogens is 3. The van der Waals surface area contributed by atoms with Crippen LogP contribution in [0, 0.1) is 17.2 Å². The number of hydrogen-bond donors (Lipinski definition) is 0. The predicted molar refractivity (Wildman–Crippen MR) is 181 cm³/mol. The zero-order valence-corrected chi connectivity index (χ0v) is 28.8. The molecule has 1 aromatic heterocycles. The van der Waals surface area contributed by atoms with Crippen molar-refractivity contribution in [1.29, 1.82) is 0 Å². The zero-order valence-electron chi connectivity index (χ0n) is 28.8. The number of anilines is 1. The van der Waals surface area contributed by atoms with Crippen molar-refractivity contribution >= 4 is 27.4 Å². The summed E-state index contributed by atoms with van der Waals surface area (Å²) in [5.41, 5.74) is 0.352. The largest absolute Gasteiger partial charge is 0.434 e. The Kier molecular flexibility index (Phi) is 11.5. The van der Waals surface area contributed by atoms with Gasteiger partial charge >= 0.3 is 0 Å². The molecule has 2 saturated heterocycles. The Morgan fingerprint density at radius 3 is 2.58 bits per heavy atom. The molecule has 2 aliphatic heterocycles. The van der Waals surface area contributed by atoms with Crippen LogP contribution in [-0.4, -0.2) is 129 Å². The summed E-state index contributed by atoms with van der Waals surface area (Å²) in [5.74, 6) is 0.848. The molecule has 1 amide bonds. The number of carbonyl (C=O) groups excluding carboxylic acids is 1. The number of likely N-dealkylation sites (tertiary alicyclic amines) is 1. The first-order valence-electron chi connectivity index (χ1n) is 16.5. The van der Waals surface area contributed by atoms with Crippen LogP contribution in [0.4, 0.5) is 10.2 Å². The molecule has 13 heteroatoms. The highest BCUT2D eigenvalue weighted by Crippen LogP contribution is 2.44. The van der Waals surface area contributed by atoms with E-state index in [2.05, 4.69) is 66.5 Å². The van der Waals surface area contributed by atoms with Crippen molar-refractivity contribution in [1.82, 2.24) is 29.9 Å². The Balaban J connectivity index is 1.41. The molecule has 2 aliphatic rings. The van der Waals surface area contributed by atoms with E-state index in [1.165, 1.54) is 30.9 Å². The van der Waals surface area contributed by atoms with Crippen LogP contribution in [0.25, 0.3) is 0 Å². The minimum absolute atomic E-state index is 0.0202. The van der Waals surface area contributed by atoms with Gasteiger partial charge in [-0.05, 0) is 83.1 Å². The molecule has 0 aliphatic carbocycles. The summed E-state index contributed by atoms with van der Waals surface area (Å²) in [6.45, 7) is 16.5. The van der Waals surface area contributed by atoms with Crippen LogP contribution in [0.3, 0.4) is 0 Å². The van der Waals surface area contributed by atoms with Gasteiger partial charge in [0.15, 0.2) is 5.82 Å². The molecule has 0 radical (unpaired) electrons. The highest BCUT2D eigenvalue weighted by molar-refractivity contribution is 6.40. The molecule has 1 atom stereocenters. The maximum atomic E-state index is 14.3. The SMILES string of the molecule is BC(B)(COC)N(C)CCCC(C(C)C)N1CC2(CCN(c3ncnnc3Oc3ccc(F)cc3C(=O)N(CC)C(C)C)C2)C1. The minimum atomic E-state index is -0.499. The smallest absolute Gasteiger partial charge is 0.282 e. The molecule has 3 heterocycles. The third-order valence-electron chi connectivity index (χ3n) is 9.75. The second-order valence-corrected chi connectivity index (χ2v) is 14.2. The van der Waals surface area contributed by atoms with E-state index in [-0.39, 0.29) is 39.9 Å². The third kappa shape index (κ3) is 8.16. The first kappa shape index (κ1) is 35.1. The fraction of sp³-hybridized carbons (Fsp3) is 0.688.